The first-order valence-electron chi connectivity index (χ1n) is 10.9. The van der Waals surface area contributed by atoms with Crippen LogP contribution in [0.1, 0.15) is 37.0 Å². The van der Waals surface area contributed by atoms with E-state index >= 15 is 0 Å². The highest BCUT2D eigenvalue weighted by atomic mass is 32.2. The summed E-state index contributed by atoms with van der Waals surface area (Å²) in [4.78, 5) is 15.3. The van der Waals surface area contributed by atoms with Gasteiger partial charge in [0.15, 0.2) is 0 Å². The quantitative estimate of drug-likeness (QED) is 0.633. The van der Waals surface area contributed by atoms with Crippen molar-refractivity contribution in [3.63, 3.8) is 0 Å². The van der Waals surface area contributed by atoms with Gasteiger partial charge < -0.3 is 10.2 Å². The summed E-state index contributed by atoms with van der Waals surface area (Å²) in [6.45, 7) is 8.43. The van der Waals surface area contributed by atoms with Gasteiger partial charge in [0.05, 0.1) is 10.6 Å². The van der Waals surface area contributed by atoms with E-state index in [0.717, 1.165) is 37.9 Å². The Morgan fingerprint density at radius 1 is 1.06 bits per heavy atom. The number of nitrogens with zero attached hydrogens (tertiary/aromatic N) is 2. The zero-order valence-corrected chi connectivity index (χ0v) is 19.4. The van der Waals surface area contributed by atoms with Gasteiger partial charge in [-0.25, -0.2) is 8.42 Å². The largest absolute Gasteiger partial charge is 0.352 e. The lowest BCUT2D eigenvalue weighted by Gasteiger charge is -2.34. The van der Waals surface area contributed by atoms with E-state index in [1.807, 2.05) is 0 Å². The molecule has 0 aromatic heterocycles. The highest BCUT2D eigenvalue weighted by Gasteiger charge is 2.22. The molecule has 1 saturated heterocycles. The lowest BCUT2D eigenvalue weighted by molar-refractivity contribution is 0.0947. The van der Waals surface area contributed by atoms with Crippen LogP contribution >= 0.6 is 0 Å². The van der Waals surface area contributed by atoms with Crippen molar-refractivity contribution in [3.8, 4) is 0 Å². The third-order valence-electron chi connectivity index (χ3n) is 5.75. The van der Waals surface area contributed by atoms with Crippen LogP contribution in [0, 0.1) is 11.8 Å². The van der Waals surface area contributed by atoms with Gasteiger partial charge >= 0.3 is 0 Å². The van der Waals surface area contributed by atoms with Crippen LogP contribution in [0.5, 0.6) is 0 Å². The Morgan fingerprint density at radius 3 is 2.42 bits per heavy atom. The molecule has 2 aromatic carbocycles. The topological polar surface area (TPSA) is 69.7 Å². The number of anilines is 1. The van der Waals surface area contributed by atoms with Crippen LogP contribution in [0.4, 0.5) is 5.69 Å². The Bertz CT molecular complexity index is 969. The molecule has 0 saturated carbocycles. The van der Waals surface area contributed by atoms with E-state index < -0.39 is 10.0 Å². The number of carbonyl (C=O) groups excluding carboxylic acids is 1. The van der Waals surface area contributed by atoms with E-state index in [9.17, 15) is 13.2 Å². The first kappa shape index (κ1) is 23.3. The van der Waals surface area contributed by atoms with Crippen molar-refractivity contribution in [1.29, 1.82) is 0 Å². The molecule has 1 heterocycles. The van der Waals surface area contributed by atoms with E-state index in [1.165, 1.54) is 17.8 Å². The SMILES string of the molecule is C[C@@H]1C[C@H](C)CN(CCCNC(=O)c2cccc(N(C)S(=O)(=O)c3ccccc3)c2)C1. The molecule has 2 aromatic rings. The average Bonchev–Trinajstić information content (AvgIpc) is 2.76. The molecule has 1 amide bonds. The van der Waals surface area contributed by atoms with Crippen molar-refractivity contribution in [1.82, 2.24) is 10.2 Å². The number of hydrogen-bond donors (Lipinski definition) is 1. The first-order valence-corrected chi connectivity index (χ1v) is 12.4. The number of likely N-dealkylation sites (tertiary alicyclic amines) is 1. The minimum Gasteiger partial charge on any atom is -0.352 e. The molecule has 7 heteroatoms. The summed E-state index contributed by atoms with van der Waals surface area (Å²) in [6.07, 6.45) is 2.19. The highest BCUT2D eigenvalue weighted by Crippen LogP contribution is 2.23. The maximum Gasteiger partial charge on any atom is 0.264 e. The van der Waals surface area contributed by atoms with Gasteiger partial charge in [-0.2, -0.15) is 0 Å². The molecule has 1 fully saturated rings. The molecule has 1 N–H and O–H groups in total. The van der Waals surface area contributed by atoms with E-state index in [-0.39, 0.29) is 10.8 Å². The van der Waals surface area contributed by atoms with Gasteiger partial charge in [0.1, 0.15) is 0 Å². The standard InChI is InChI=1S/C24H33N3O3S/c1-19-15-20(2)18-27(17-19)14-8-13-25-24(28)21-9-7-10-22(16-21)26(3)31(29,30)23-11-5-4-6-12-23/h4-7,9-12,16,19-20H,8,13-15,17-18H2,1-3H3,(H,25,28)/t19-,20+. The molecule has 31 heavy (non-hydrogen) atoms. The van der Waals surface area contributed by atoms with Crippen LogP contribution in [0.2, 0.25) is 0 Å². The van der Waals surface area contributed by atoms with Crippen molar-refractivity contribution < 1.29 is 13.2 Å². The monoisotopic (exact) mass is 443 g/mol. The summed E-state index contributed by atoms with van der Waals surface area (Å²) in [5.41, 5.74) is 0.903. The Morgan fingerprint density at radius 2 is 1.74 bits per heavy atom. The predicted octanol–water partition coefficient (Wildman–Crippen LogP) is 3.61. The van der Waals surface area contributed by atoms with Crippen molar-refractivity contribution in [2.24, 2.45) is 11.8 Å². The van der Waals surface area contributed by atoms with Crippen LogP contribution in [-0.2, 0) is 10.0 Å². The Labute approximate surface area is 186 Å². The minimum atomic E-state index is -3.68. The normalized spacial score (nSPS) is 19.7. The van der Waals surface area contributed by atoms with Crippen LogP contribution in [0.3, 0.4) is 0 Å². The fourth-order valence-electron chi connectivity index (χ4n) is 4.31. The molecule has 0 spiro atoms. The molecule has 2 atom stereocenters. The van der Waals surface area contributed by atoms with E-state index in [2.05, 4.69) is 24.1 Å². The summed E-state index contributed by atoms with van der Waals surface area (Å²) in [6, 6.07) is 15.0. The summed E-state index contributed by atoms with van der Waals surface area (Å²) in [7, 11) is -2.18. The number of amides is 1. The Hall–Kier alpha value is -2.38. The van der Waals surface area contributed by atoms with Crippen LogP contribution in [0.15, 0.2) is 59.5 Å². The predicted molar refractivity (Wildman–Crippen MR) is 125 cm³/mol. The number of hydrogen-bond acceptors (Lipinski definition) is 4. The number of benzene rings is 2. The molecule has 0 bridgehead atoms. The zero-order valence-electron chi connectivity index (χ0n) is 18.6. The van der Waals surface area contributed by atoms with Gasteiger partial charge in [-0.3, -0.25) is 9.10 Å². The fraction of sp³-hybridized carbons (Fsp3) is 0.458. The third-order valence-corrected chi connectivity index (χ3v) is 7.55. The Balaban J connectivity index is 1.56. The van der Waals surface area contributed by atoms with Gasteiger partial charge in [0, 0.05) is 32.2 Å². The summed E-state index contributed by atoms with van der Waals surface area (Å²) < 4.78 is 26.9. The lowest BCUT2D eigenvalue weighted by atomic mass is 9.92. The van der Waals surface area contributed by atoms with Crippen molar-refractivity contribution in [2.45, 2.75) is 31.6 Å². The molecule has 3 rings (SSSR count). The molecule has 0 radical (unpaired) electrons. The van der Waals surface area contributed by atoms with Crippen LogP contribution in [0.25, 0.3) is 0 Å². The molecule has 1 aliphatic rings. The average molecular weight is 444 g/mol. The number of nitrogens with one attached hydrogen (secondary N) is 1. The molecule has 0 aliphatic carbocycles. The van der Waals surface area contributed by atoms with Crippen LogP contribution in [-0.4, -0.2) is 52.5 Å². The number of piperidine rings is 1. The summed E-state index contributed by atoms with van der Waals surface area (Å²) in [5, 5.41) is 2.96. The fourth-order valence-corrected chi connectivity index (χ4v) is 5.52. The van der Waals surface area contributed by atoms with Crippen LogP contribution < -0.4 is 9.62 Å². The van der Waals surface area contributed by atoms with Crippen molar-refractivity contribution >= 4 is 21.6 Å². The van der Waals surface area contributed by atoms with Gasteiger partial charge in [-0.15, -0.1) is 0 Å². The van der Waals surface area contributed by atoms with Gasteiger partial charge in [-0.1, -0.05) is 38.1 Å². The zero-order chi connectivity index (χ0) is 22.4. The molecule has 168 valence electrons. The second kappa shape index (κ2) is 10.3. The molecular formula is C24H33N3O3S. The summed E-state index contributed by atoms with van der Waals surface area (Å²) in [5.74, 6) is 1.27. The summed E-state index contributed by atoms with van der Waals surface area (Å²) >= 11 is 0. The lowest BCUT2D eigenvalue weighted by Crippen LogP contribution is -2.40. The third kappa shape index (κ3) is 6.08. The number of carbonyl (C=O) groups is 1. The molecule has 1 aliphatic heterocycles. The van der Waals surface area contributed by atoms with Crippen molar-refractivity contribution in [2.75, 3.05) is 37.5 Å². The smallest absolute Gasteiger partial charge is 0.264 e. The van der Waals surface area contributed by atoms with E-state index in [0.29, 0.717) is 17.8 Å². The van der Waals surface area contributed by atoms with Gasteiger partial charge in [0.2, 0.25) is 0 Å². The highest BCUT2D eigenvalue weighted by molar-refractivity contribution is 7.92. The van der Waals surface area contributed by atoms with Crippen molar-refractivity contribution in [3.05, 3.63) is 60.2 Å². The Kier molecular flexibility index (Phi) is 7.73. The second-order valence-corrected chi connectivity index (χ2v) is 10.6. The maximum atomic E-state index is 12.8. The molecular weight excluding hydrogens is 410 g/mol. The van der Waals surface area contributed by atoms with E-state index in [1.54, 1.807) is 54.6 Å². The van der Waals surface area contributed by atoms with Gasteiger partial charge in [0.25, 0.3) is 15.9 Å². The maximum absolute atomic E-state index is 12.8. The van der Waals surface area contributed by atoms with E-state index in [4.69, 9.17) is 0 Å². The van der Waals surface area contributed by atoms with Gasteiger partial charge in [-0.05, 0) is 61.6 Å². The second-order valence-electron chi connectivity index (χ2n) is 8.65. The molecule has 6 nitrogen and oxygen atoms in total. The number of rotatable bonds is 8. The first-order chi connectivity index (χ1) is 14.8. The minimum absolute atomic E-state index is 0.187. The number of sulfonamides is 1. The molecule has 0 unspecified atom stereocenters.